The number of aryl methyl sites for hydroxylation is 1. The first kappa shape index (κ1) is 16.1. The number of hydrogen-bond acceptors (Lipinski definition) is 3. The molecule has 0 N–H and O–H groups in total. The maximum Gasteiger partial charge on any atom is 0.213 e. The molecule has 2 aliphatic heterocycles. The largest absolute Gasteiger partial charge is 0.464 e. The van der Waals surface area contributed by atoms with Gasteiger partial charge in [-0.1, -0.05) is 60.2 Å². The van der Waals surface area contributed by atoms with Gasteiger partial charge >= 0.3 is 0 Å². The predicted octanol–water partition coefficient (Wildman–Crippen LogP) is 5.38. The van der Waals surface area contributed by atoms with E-state index >= 15 is 0 Å². The number of rotatable bonds is 2. The third kappa shape index (κ3) is 2.78. The number of hydrogen-bond donors (Lipinski definition) is 0. The average molecular weight is 358 g/mol. The highest BCUT2D eigenvalue weighted by Crippen LogP contribution is 2.47. The lowest BCUT2D eigenvalue weighted by atomic mass is 9.95. The van der Waals surface area contributed by atoms with Gasteiger partial charge in [-0.15, -0.1) is 0 Å². The Morgan fingerprint density at radius 1 is 1.00 bits per heavy atom. The normalized spacial score (nSPS) is 20.5. The van der Waals surface area contributed by atoms with Gasteiger partial charge in [-0.3, -0.25) is 0 Å². The van der Waals surface area contributed by atoms with Crippen molar-refractivity contribution in [2.45, 2.75) is 25.6 Å². The van der Waals surface area contributed by atoms with Gasteiger partial charge in [0.1, 0.15) is 11.6 Å². The van der Waals surface area contributed by atoms with E-state index in [-0.39, 0.29) is 11.9 Å². The van der Waals surface area contributed by atoms with Gasteiger partial charge < -0.3 is 4.74 Å². The average Bonchev–Trinajstić information content (AvgIpc) is 3.13. The molecule has 2 atom stereocenters. The van der Waals surface area contributed by atoms with Crippen molar-refractivity contribution in [3.63, 3.8) is 0 Å². The van der Waals surface area contributed by atoms with E-state index in [2.05, 4.69) is 37.3 Å². The number of halogens is 1. The Labute approximate surface area is 157 Å². The molecule has 3 aromatic rings. The summed E-state index contributed by atoms with van der Waals surface area (Å²) in [6.07, 6.45) is 0.360. The standard InChI is InChI=1S/C23H19FN2O/c1-15-9-11-16(12-10-15)20-14-21-19-7-2-3-8-22(19)27-23(26(21)25-20)17-5-4-6-18(24)13-17/h2-13,21,23H,14H2,1H3. The van der Waals surface area contributed by atoms with Gasteiger partial charge in [-0.2, -0.15) is 5.10 Å². The van der Waals surface area contributed by atoms with Crippen molar-refractivity contribution in [1.82, 2.24) is 5.01 Å². The summed E-state index contributed by atoms with van der Waals surface area (Å²) in [6, 6.07) is 23.1. The van der Waals surface area contributed by atoms with Crippen molar-refractivity contribution in [2.75, 3.05) is 0 Å². The molecule has 0 amide bonds. The van der Waals surface area contributed by atoms with E-state index in [1.54, 1.807) is 6.07 Å². The minimum absolute atomic E-state index is 0.0829. The number of ether oxygens (including phenoxy) is 1. The zero-order valence-electron chi connectivity index (χ0n) is 15.0. The second-order valence-corrected chi connectivity index (χ2v) is 7.08. The van der Waals surface area contributed by atoms with Gasteiger partial charge in [0.05, 0.1) is 11.8 Å². The van der Waals surface area contributed by atoms with Crippen LogP contribution in [-0.2, 0) is 0 Å². The molecule has 0 aliphatic carbocycles. The van der Waals surface area contributed by atoms with Crippen molar-refractivity contribution in [1.29, 1.82) is 0 Å². The number of benzene rings is 3. The van der Waals surface area contributed by atoms with E-state index in [4.69, 9.17) is 9.84 Å². The monoisotopic (exact) mass is 358 g/mol. The van der Waals surface area contributed by atoms with Crippen molar-refractivity contribution in [3.8, 4) is 5.75 Å². The van der Waals surface area contributed by atoms with Crippen LogP contribution in [0.1, 0.15) is 40.9 Å². The highest BCUT2D eigenvalue weighted by atomic mass is 19.1. The molecule has 2 aliphatic rings. The molecule has 0 spiro atoms. The fourth-order valence-electron chi connectivity index (χ4n) is 3.83. The second kappa shape index (κ2) is 6.23. The molecule has 2 heterocycles. The Kier molecular flexibility index (Phi) is 3.71. The molecule has 3 aromatic carbocycles. The first-order valence-corrected chi connectivity index (χ1v) is 9.13. The van der Waals surface area contributed by atoms with Crippen LogP contribution in [0.2, 0.25) is 0 Å². The summed E-state index contributed by atoms with van der Waals surface area (Å²) in [6.45, 7) is 2.08. The van der Waals surface area contributed by atoms with Crippen LogP contribution >= 0.6 is 0 Å². The van der Waals surface area contributed by atoms with Crippen LogP contribution in [0.5, 0.6) is 5.75 Å². The summed E-state index contributed by atoms with van der Waals surface area (Å²) in [5, 5.41) is 6.88. The van der Waals surface area contributed by atoms with E-state index < -0.39 is 6.23 Å². The molecule has 0 aromatic heterocycles. The molecule has 0 saturated carbocycles. The predicted molar refractivity (Wildman–Crippen MR) is 103 cm³/mol. The summed E-state index contributed by atoms with van der Waals surface area (Å²) < 4.78 is 20.1. The minimum atomic E-state index is -0.441. The smallest absolute Gasteiger partial charge is 0.213 e. The minimum Gasteiger partial charge on any atom is -0.464 e. The Morgan fingerprint density at radius 3 is 2.63 bits per heavy atom. The Morgan fingerprint density at radius 2 is 1.81 bits per heavy atom. The highest BCUT2D eigenvalue weighted by Gasteiger charge is 2.40. The van der Waals surface area contributed by atoms with Crippen LogP contribution in [0.3, 0.4) is 0 Å². The fourth-order valence-corrected chi connectivity index (χ4v) is 3.83. The van der Waals surface area contributed by atoms with Crippen molar-refractivity contribution < 1.29 is 9.13 Å². The van der Waals surface area contributed by atoms with Gasteiger partial charge in [0.15, 0.2) is 0 Å². The Bertz CT molecular complexity index is 1030. The van der Waals surface area contributed by atoms with Crippen LogP contribution in [0, 0.1) is 12.7 Å². The molecule has 3 nitrogen and oxygen atoms in total. The first-order valence-electron chi connectivity index (χ1n) is 9.13. The van der Waals surface area contributed by atoms with Crippen LogP contribution in [-0.4, -0.2) is 10.7 Å². The Balaban J connectivity index is 1.60. The third-order valence-electron chi connectivity index (χ3n) is 5.22. The van der Waals surface area contributed by atoms with Crippen LogP contribution < -0.4 is 4.74 Å². The molecule has 0 bridgehead atoms. The number of nitrogens with zero attached hydrogens (tertiary/aromatic N) is 2. The summed E-state index contributed by atoms with van der Waals surface area (Å²) in [4.78, 5) is 0. The van der Waals surface area contributed by atoms with Gasteiger partial charge in [-0.25, -0.2) is 9.40 Å². The van der Waals surface area contributed by atoms with Crippen LogP contribution in [0.4, 0.5) is 4.39 Å². The molecule has 0 saturated heterocycles. The summed E-state index contributed by atoms with van der Waals surface area (Å²) in [7, 11) is 0. The van der Waals surface area contributed by atoms with E-state index in [9.17, 15) is 4.39 Å². The van der Waals surface area contributed by atoms with E-state index in [0.29, 0.717) is 0 Å². The quantitative estimate of drug-likeness (QED) is 0.615. The SMILES string of the molecule is Cc1ccc(C2=NN3C(C2)c2ccccc2OC3c2cccc(F)c2)cc1. The number of fused-ring (bicyclic) bond motifs is 3. The van der Waals surface area contributed by atoms with Gasteiger partial charge in [-0.05, 0) is 30.7 Å². The highest BCUT2D eigenvalue weighted by molar-refractivity contribution is 6.02. The molecule has 27 heavy (non-hydrogen) atoms. The summed E-state index contributed by atoms with van der Waals surface area (Å²) in [5.41, 5.74) is 5.26. The van der Waals surface area contributed by atoms with E-state index in [0.717, 1.165) is 34.6 Å². The molecule has 0 radical (unpaired) electrons. The molecule has 5 rings (SSSR count). The van der Waals surface area contributed by atoms with Crippen molar-refractivity contribution >= 4 is 5.71 Å². The van der Waals surface area contributed by atoms with Gasteiger partial charge in [0.2, 0.25) is 6.23 Å². The molecule has 4 heteroatoms. The lowest BCUT2D eigenvalue weighted by molar-refractivity contribution is -0.0192. The Hall–Kier alpha value is -3.14. The summed E-state index contributed by atoms with van der Waals surface area (Å²) >= 11 is 0. The van der Waals surface area contributed by atoms with E-state index in [1.165, 1.54) is 17.7 Å². The number of para-hydroxylation sites is 1. The van der Waals surface area contributed by atoms with Crippen molar-refractivity contribution in [3.05, 3.63) is 101 Å². The fraction of sp³-hybridized carbons (Fsp3) is 0.174. The zero-order valence-corrected chi connectivity index (χ0v) is 15.0. The van der Waals surface area contributed by atoms with Gasteiger partial charge in [0, 0.05) is 17.5 Å². The zero-order chi connectivity index (χ0) is 18.4. The topological polar surface area (TPSA) is 24.8 Å². The maximum atomic E-state index is 13.8. The molecular weight excluding hydrogens is 339 g/mol. The molecule has 2 unspecified atom stereocenters. The maximum absolute atomic E-state index is 13.8. The number of hydrazone groups is 1. The third-order valence-corrected chi connectivity index (χ3v) is 5.22. The summed E-state index contributed by atoms with van der Waals surface area (Å²) in [5.74, 6) is 0.571. The van der Waals surface area contributed by atoms with Crippen LogP contribution in [0.15, 0.2) is 77.9 Å². The van der Waals surface area contributed by atoms with Gasteiger partial charge in [0.25, 0.3) is 0 Å². The molecule has 0 fully saturated rings. The lowest BCUT2D eigenvalue weighted by Gasteiger charge is -2.38. The van der Waals surface area contributed by atoms with Crippen LogP contribution in [0.25, 0.3) is 0 Å². The van der Waals surface area contributed by atoms with Crippen molar-refractivity contribution in [2.24, 2.45) is 5.10 Å². The molecular formula is C23H19FN2O. The van der Waals surface area contributed by atoms with E-state index in [1.807, 2.05) is 29.3 Å². The lowest BCUT2D eigenvalue weighted by Crippen LogP contribution is -2.33. The second-order valence-electron chi connectivity index (χ2n) is 7.08. The molecule has 134 valence electrons. The first-order chi connectivity index (χ1) is 13.2.